The summed E-state index contributed by atoms with van der Waals surface area (Å²) in [5.41, 5.74) is 1.36. The van der Waals surface area contributed by atoms with Crippen LogP contribution in [0.1, 0.15) is 57.3 Å². The lowest BCUT2D eigenvalue weighted by Gasteiger charge is -2.23. The van der Waals surface area contributed by atoms with Crippen LogP contribution < -0.4 is 10.6 Å². The highest BCUT2D eigenvalue weighted by molar-refractivity contribution is 5.96. The molecule has 36 heavy (non-hydrogen) atoms. The average molecular weight is 495 g/mol. The molecular weight excluding hydrogens is 460 g/mol. The summed E-state index contributed by atoms with van der Waals surface area (Å²) in [5.74, 6) is -3.15. The molecular formula is C28H34N2O6. The van der Waals surface area contributed by atoms with Crippen LogP contribution >= 0.6 is 0 Å². The first-order valence-electron chi connectivity index (χ1n) is 11.9. The second-order valence-corrected chi connectivity index (χ2v) is 9.06. The van der Waals surface area contributed by atoms with Crippen LogP contribution in [-0.2, 0) is 23.9 Å². The standard InChI is InChI=1S/C28H34N2O6/c1-18(2)26(33)29-23(20-11-7-5-8-12-20)15-22(16-25(31)32)28(35)36-17-24(30-27(34)19(3)4)21-13-9-6-10-14-21/h5-14,16,18-19,23-24H,15,17H2,1-4H3,(H,29,33)(H,30,34)(H,31,32)/t23-,24+/m0/s1. The summed E-state index contributed by atoms with van der Waals surface area (Å²) in [6.07, 6.45) is 0.714. The normalized spacial score (nSPS) is 13.1. The third kappa shape index (κ3) is 9.02. The van der Waals surface area contributed by atoms with Gasteiger partial charge < -0.3 is 20.5 Å². The van der Waals surface area contributed by atoms with Crippen LogP contribution in [0.5, 0.6) is 0 Å². The summed E-state index contributed by atoms with van der Waals surface area (Å²) < 4.78 is 5.49. The van der Waals surface area contributed by atoms with Crippen LogP contribution in [0.15, 0.2) is 72.3 Å². The fraction of sp³-hybridized carbons (Fsp3) is 0.357. The van der Waals surface area contributed by atoms with Gasteiger partial charge >= 0.3 is 11.9 Å². The highest BCUT2D eigenvalue weighted by Crippen LogP contribution is 2.23. The van der Waals surface area contributed by atoms with Gasteiger partial charge in [-0.2, -0.15) is 0 Å². The van der Waals surface area contributed by atoms with Crippen LogP contribution in [0.3, 0.4) is 0 Å². The molecule has 0 fully saturated rings. The van der Waals surface area contributed by atoms with E-state index < -0.39 is 24.0 Å². The molecule has 0 saturated carbocycles. The van der Waals surface area contributed by atoms with E-state index in [1.165, 1.54) is 0 Å². The van der Waals surface area contributed by atoms with Gasteiger partial charge in [0.05, 0.1) is 12.1 Å². The Kier molecular flexibility index (Phi) is 10.9. The van der Waals surface area contributed by atoms with Gasteiger partial charge in [-0.3, -0.25) is 9.59 Å². The number of amides is 2. The lowest BCUT2D eigenvalue weighted by molar-refractivity contribution is -0.142. The fourth-order valence-electron chi connectivity index (χ4n) is 3.34. The molecule has 192 valence electrons. The third-order valence-electron chi connectivity index (χ3n) is 5.45. The number of nitrogens with one attached hydrogen (secondary N) is 2. The van der Waals surface area contributed by atoms with Gasteiger partial charge in [0, 0.05) is 29.9 Å². The van der Waals surface area contributed by atoms with Crippen LogP contribution in [0.25, 0.3) is 0 Å². The molecule has 2 atom stereocenters. The Bertz CT molecular complexity index is 1060. The van der Waals surface area contributed by atoms with Gasteiger partial charge in [0.25, 0.3) is 0 Å². The molecule has 0 aliphatic rings. The van der Waals surface area contributed by atoms with E-state index in [4.69, 9.17) is 4.74 Å². The van der Waals surface area contributed by atoms with Crippen molar-refractivity contribution >= 4 is 23.8 Å². The van der Waals surface area contributed by atoms with Crippen molar-refractivity contribution in [2.75, 3.05) is 6.61 Å². The number of aliphatic carboxylic acids is 1. The Morgan fingerprint density at radius 3 is 1.67 bits per heavy atom. The van der Waals surface area contributed by atoms with Gasteiger partial charge in [-0.05, 0) is 11.1 Å². The summed E-state index contributed by atoms with van der Waals surface area (Å²) in [6.45, 7) is 6.81. The largest absolute Gasteiger partial charge is 0.478 e. The number of esters is 1. The number of carboxylic acid groups (broad SMARTS) is 1. The SMILES string of the molecule is CC(C)C(=O)N[C@@H](CC(=CC(=O)O)C(=O)OC[C@@H](NC(=O)C(C)C)c1ccccc1)c1ccccc1. The second kappa shape index (κ2) is 13.8. The number of hydrogen-bond acceptors (Lipinski definition) is 5. The summed E-state index contributed by atoms with van der Waals surface area (Å²) in [7, 11) is 0. The summed E-state index contributed by atoms with van der Waals surface area (Å²) in [5, 5.41) is 15.1. The number of hydrogen-bond donors (Lipinski definition) is 3. The molecule has 0 bridgehead atoms. The van der Waals surface area contributed by atoms with Crippen LogP contribution in [0, 0.1) is 11.8 Å². The zero-order valence-electron chi connectivity index (χ0n) is 21.1. The van der Waals surface area contributed by atoms with Gasteiger partial charge in [0.2, 0.25) is 11.8 Å². The van der Waals surface area contributed by atoms with E-state index in [1.807, 2.05) is 24.3 Å². The monoisotopic (exact) mass is 494 g/mol. The van der Waals surface area contributed by atoms with E-state index in [2.05, 4.69) is 10.6 Å². The molecule has 0 saturated heterocycles. The van der Waals surface area contributed by atoms with Crippen molar-refractivity contribution < 1.29 is 29.0 Å². The van der Waals surface area contributed by atoms with Crippen molar-refractivity contribution in [3.8, 4) is 0 Å². The molecule has 0 aromatic heterocycles. The first-order valence-corrected chi connectivity index (χ1v) is 11.9. The first kappa shape index (κ1) is 28.3. The minimum absolute atomic E-state index is 0.0814. The lowest BCUT2D eigenvalue weighted by atomic mass is 9.97. The van der Waals surface area contributed by atoms with Crippen molar-refractivity contribution in [2.45, 2.75) is 46.2 Å². The van der Waals surface area contributed by atoms with Gasteiger partial charge in [0.15, 0.2) is 0 Å². The van der Waals surface area contributed by atoms with E-state index >= 15 is 0 Å². The quantitative estimate of drug-likeness (QED) is 0.303. The molecule has 0 heterocycles. The molecule has 2 aromatic rings. The minimum Gasteiger partial charge on any atom is -0.478 e. The number of rotatable bonds is 12. The molecule has 0 unspecified atom stereocenters. The smallest absolute Gasteiger partial charge is 0.334 e. The molecule has 3 N–H and O–H groups in total. The Morgan fingerprint density at radius 2 is 1.22 bits per heavy atom. The summed E-state index contributed by atoms with van der Waals surface area (Å²) >= 11 is 0. The maximum Gasteiger partial charge on any atom is 0.334 e. The average Bonchev–Trinajstić information content (AvgIpc) is 2.85. The maximum absolute atomic E-state index is 13.0. The molecule has 0 aliphatic carbocycles. The fourth-order valence-corrected chi connectivity index (χ4v) is 3.34. The third-order valence-corrected chi connectivity index (χ3v) is 5.45. The van der Waals surface area contributed by atoms with E-state index in [0.29, 0.717) is 0 Å². The van der Waals surface area contributed by atoms with Gasteiger partial charge in [-0.1, -0.05) is 88.4 Å². The van der Waals surface area contributed by atoms with Crippen molar-refractivity contribution in [3.05, 3.63) is 83.4 Å². The van der Waals surface area contributed by atoms with Gasteiger partial charge in [-0.15, -0.1) is 0 Å². The first-order chi connectivity index (χ1) is 17.1. The van der Waals surface area contributed by atoms with Crippen molar-refractivity contribution in [1.82, 2.24) is 10.6 Å². The summed E-state index contributed by atoms with van der Waals surface area (Å²) in [4.78, 5) is 49.3. The molecule has 2 rings (SSSR count). The Hall–Kier alpha value is -3.94. The van der Waals surface area contributed by atoms with E-state index in [0.717, 1.165) is 17.2 Å². The van der Waals surface area contributed by atoms with Crippen molar-refractivity contribution in [2.24, 2.45) is 11.8 Å². The summed E-state index contributed by atoms with van der Waals surface area (Å²) in [6, 6.07) is 16.8. The molecule has 8 heteroatoms. The number of ether oxygens (including phenoxy) is 1. The van der Waals surface area contributed by atoms with Crippen molar-refractivity contribution in [1.29, 1.82) is 0 Å². The molecule has 8 nitrogen and oxygen atoms in total. The topological polar surface area (TPSA) is 122 Å². The predicted molar refractivity (Wildman–Crippen MR) is 136 cm³/mol. The molecule has 2 amide bonds. The van der Waals surface area contributed by atoms with E-state index in [-0.39, 0.29) is 42.3 Å². The number of carboxylic acids is 1. The Morgan fingerprint density at radius 1 is 0.778 bits per heavy atom. The highest BCUT2D eigenvalue weighted by Gasteiger charge is 2.25. The van der Waals surface area contributed by atoms with E-state index in [1.54, 1.807) is 64.1 Å². The minimum atomic E-state index is -1.31. The predicted octanol–water partition coefficient (Wildman–Crippen LogP) is 3.96. The molecule has 0 spiro atoms. The number of carbonyl (C=O) groups excluding carboxylic acids is 3. The second-order valence-electron chi connectivity index (χ2n) is 9.06. The zero-order valence-corrected chi connectivity index (χ0v) is 21.1. The number of carbonyl (C=O) groups is 4. The van der Waals surface area contributed by atoms with Crippen LogP contribution in [0.2, 0.25) is 0 Å². The van der Waals surface area contributed by atoms with Gasteiger partial charge in [0.1, 0.15) is 6.61 Å². The van der Waals surface area contributed by atoms with Crippen LogP contribution in [-0.4, -0.2) is 35.5 Å². The molecule has 0 aliphatic heterocycles. The highest BCUT2D eigenvalue weighted by atomic mass is 16.5. The van der Waals surface area contributed by atoms with Gasteiger partial charge in [-0.25, -0.2) is 9.59 Å². The Balaban J connectivity index is 2.25. The van der Waals surface area contributed by atoms with Crippen LogP contribution in [0.4, 0.5) is 0 Å². The number of benzene rings is 2. The lowest BCUT2D eigenvalue weighted by Crippen LogP contribution is -2.35. The molecule has 0 radical (unpaired) electrons. The van der Waals surface area contributed by atoms with Crippen molar-refractivity contribution in [3.63, 3.8) is 0 Å². The zero-order chi connectivity index (χ0) is 26.7. The van der Waals surface area contributed by atoms with E-state index in [9.17, 15) is 24.3 Å². The maximum atomic E-state index is 13.0. The Labute approximate surface area is 211 Å². The molecule has 2 aromatic carbocycles.